The van der Waals surface area contributed by atoms with Crippen LogP contribution in [-0.4, -0.2) is 5.97 Å². The maximum absolute atomic E-state index is 12.7. The van der Waals surface area contributed by atoms with Crippen LogP contribution in [0.15, 0.2) is 54.6 Å². The Hall–Kier alpha value is -3.24. The van der Waals surface area contributed by atoms with E-state index in [-0.39, 0.29) is 11.8 Å². The van der Waals surface area contributed by atoms with Crippen LogP contribution >= 0.6 is 0 Å². The van der Waals surface area contributed by atoms with Gasteiger partial charge in [-0.2, -0.15) is 5.26 Å². The maximum atomic E-state index is 12.7. The van der Waals surface area contributed by atoms with Gasteiger partial charge in [0.15, 0.2) is 0 Å². The molecule has 0 fully saturated rings. The van der Waals surface area contributed by atoms with Crippen LogP contribution in [-0.2, 0) is 9.53 Å². The number of para-hydroxylation sites is 1. The SMILES string of the molecule is CC#CC(C)C(C(=O)OC(C#N)c1cccc(Oc2ccccc2)c1)C(C)C. The number of ether oxygens (including phenoxy) is 2. The summed E-state index contributed by atoms with van der Waals surface area (Å²) in [6, 6.07) is 18.5. The molecule has 0 heterocycles. The van der Waals surface area contributed by atoms with Gasteiger partial charge in [0.2, 0.25) is 6.10 Å². The second-order valence-corrected chi connectivity index (χ2v) is 6.89. The first-order chi connectivity index (χ1) is 13.5. The van der Waals surface area contributed by atoms with Gasteiger partial charge in [0.05, 0.1) is 5.92 Å². The first-order valence-corrected chi connectivity index (χ1v) is 9.31. The standard InChI is InChI=1S/C24H25NO3/c1-5-10-18(4)23(17(2)3)24(26)28-22(16-25)19-11-9-14-21(15-19)27-20-12-7-6-8-13-20/h6-9,11-15,17-18,22-23H,1-4H3. The Morgan fingerprint density at radius 3 is 2.29 bits per heavy atom. The van der Waals surface area contributed by atoms with Crippen molar-refractivity contribution in [1.82, 2.24) is 0 Å². The Balaban J connectivity index is 2.18. The van der Waals surface area contributed by atoms with Gasteiger partial charge in [-0.3, -0.25) is 4.79 Å². The number of carbonyl (C=O) groups is 1. The van der Waals surface area contributed by atoms with Gasteiger partial charge in [-0.05, 0) is 37.1 Å². The lowest BCUT2D eigenvalue weighted by Gasteiger charge is -2.24. The zero-order valence-corrected chi connectivity index (χ0v) is 16.7. The molecule has 3 unspecified atom stereocenters. The highest BCUT2D eigenvalue weighted by Gasteiger charge is 2.31. The Morgan fingerprint density at radius 1 is 1.00 bits per heavy atom. The van der Waals surface area contributed by atoms with Crippen molar-refractivity contribution in [3.63, 3.8) is 0 Å². The minimum absolute atomic E-state index is 0.0513. The Labute approximate surface area is 167 Å². The highest BCUT2D eigenvalue weighted by atomic mass is 16.5. The molecular formula is C24H25NO3. The van der Waals surface area contributed by atoms with Crippen LogP contribution in [0.4, 0.5) is 0 Å². The summed E-state index contributed by atoms with van der Waals surface area (Å²) >= 11 is 0. The van der Waals surface area contributed by atoms with Crippen LogP contribution in [0.1, 0.15) is 39.4 Å². The van der Waals surface area contributed by atoms with Crippen LogP contribution in [0.25, 0.3) is 0 Å². The Morgan fingerprint density at radius 2 is 1.68 bits per heavy atom. The van der Waals surface area contributed by atoms with E-state index in [9.17, 15) is 10.1 Å². The summed E-state index contributed by atoms with van der Waals surface area (Å²) in [5, 5.41) is 9.58. The van der Waals surface area contributed by atoms with Gasteiger partial charge >= 0.3 is 5.97 Å². The fourth-order valence-corrected chi connectivity index (χ4v) is 3.10. The zero-order chi connectivity index (χ0) is 20.5. The number of esters is 1. The molecule has 0 aliphatic carbocycles. The van der Waals surface area contributed by atoms with Gasteiger partial charge in [0, 0.05) is 11.5 Å². The quantitative estimate of drug-likeness (QED) is 0.472. The van der Waals surface area contributed by atoms with E-state index in [1.807, 2.05) is 51.1 Å². The van der Waals surface area contributed by atoms with Gasteiger partial charge in [-0.25, -0.2) is 0 Å². The third kappa shape index (κ3) is 5.63. The highest BCUT2D eigenvalue weighted by molar-refractivity contribution is 5.74. The summed E-state index contributed by atoms with van der Waals surface area (Å²) in [6.07, 6.45) is -1.00. The second-order valence-electron chi connectivity index (χ2n) is 6.89. The molecule has 2 aromatic rings. The van der Waals surface area contributed by atoms with Crippen LogP contribution < -0.4 is 4.74 Å². The Kier molecular flexibility index (Phi) is 7.66. The van der Waals surface area contributed by atoms with E-state index in [0.717, 1.165) is 0 Å². The number of hydrogen-bond donors (Lipinski definition) is 0. The van der Waals surface area contributed by atoms with Crippen molar-refractivity contribution in [2.75, 3.05) is 0 Å². The number of rotatable bonds is 7. The van der Waals surface area contributed by atoms with Gasteiger partial charge in [0.1, 0.15) is 17.6 Å². The van der Waals surface area contributed by atoms with Crippen molar-refractivity contribution < 1.29 is 14.3 Å². The Bertz CT molecular complexity index is 887. The molecule has 0 saturated carbocycles. The molecule has 0 N–H and O–H groups in total. The zero-order valence-electron chi connectivity index (χ0n) is 16.7. The molecule has 0 aliphatic rings. The summed E-state index contributed by atoms with van der Waals surface area (Å²) in [5.74, 6) is 6.23. The third-order valence-electron chi connectivity index (χ3n) is 4.39. The van der Waals surface area contributed by atoms with Crippen LogP contribution in [0.3, 0.4) is 0 Å². The molecule has 0 aromatic heterocycles. The van der Waals surface area contributed by atoms with Crippen LogP contribution in [0.5, 0.6) is 11.5 Å². The van der Waals surface area contributed by atoms with Crippen molar-refractivity contribution >= 4 is 5.97 Å². The molecule has 0 radical (unpaired) electrons. The van der Waals surface area contributed by atoms with E-state index >= 15 is 0 Å². The lowest BCUT2D eigenvalue weighted by atomic mass is 9.85. The van der Waals surface area contributed by atoms with E-state index in [2.05, 4.69) is 17.9 Å². The lowest BCUT2D eigenvalue weighted by molar-refractivity contribution is -0.154. The highest BCUT2D eigenvalue weighted by Crippen LogP contribution is 2.29. The predicted octanol–water partition coefficient (Wildman–Crippen LogP) is 5.52. The number of hydrogen-bond acceptors (Lipinski definition) is 4. The van der Waals surface area contributed by atoms with Gasteiger partial charge in [0.25, 0.3) is 0 Å². The summed E-state index contributed by atoms with van der Waals surface area (Å²) < 4.78 is 11.4. The number of nitriles is 1. The van der Waals surface area contributed by atoms with Crippen LogP contribution in [0.2, 0.25) is 0 Å². The molecule has 0 spiro atoms. The summed E-state index contributed by atoms with van der Waals surface area (Å²) in [7, 11) is 0. The fraction of sp³-hybridized carbons (Fsp3) is 0.333. The average molecular weight is 375 g/mol. The van der Waals surface area contributed by atoms with Crippen molar-refractivity contribution in [2.24, 2.45) is 17.8 Å². The van der Waals surface area contributed by atoms with E-state index in [1.165, 1.54) is 0 Å². The van der Waals surface area contributed by atoms with Crippen LogP contribution in [0, 0.1) is 40.9 Å². The predicted molar refractivity (Wildman–Crippen MR) is 108 cm³/mol. The van der Waals surface area contributed by atoms with E-state index < -0.39 is 18.0 Å². The van der Waals surface area contributed by atoms with E-state index in [0.29, 0.717) is 17.1 Å². The molecule has 2 aromatic carbocycles. The molecule has 0 saturated heterocycles. The molecule has 144 valence electrons. The molecule has 0 amide bonds. The topological polar surface area (TPSA) is 59.3 Å². The number of carbonyl (C=O) groups excluding carboxylic acids is 1. The third-order valence-corrected chi connectivity index (χ3v) is 4.39. The minimum Gasteiger partial charge on any atom is -0.457 e. The van der Waals surface area contributed by atoms with Gasteiger partial charge < -0.3 is 9.47 Å². The molecule has 3 atom stereocenters. The first kappa shape index (κ1) is 21.1. The lowest BCUT2D eigenvalue weighted by Crippen LogP contribution is -2.29. The van der Waals surface area contributed by atoms with Crippen molar-refractivity contribution in [3.05, 3.63) is 60.2 Å². The molecule has 0 aliphatic heterocycles. The fourth-order valence-electron chi connectivity index (χ4n) is 3.10. The van der Waals surface area contributed by atoms with Crippen molar-refractivity contribution in [2.45, 2.75) is 33.8 Å². The molecule has 4 heteroatoms. The van der Waals surface area contributed by atoms with E-state index in [4.69, 9.17) is 9.47 Å². The normalized spacial score (nSPS) is 13.4. The van der Waals surface area contributed by atoms with Crippen molar-refractivity contribution in [1.29, 1.82) is 5.26 Å². The number of benzene rings is 2. The second kappa shape index (κ2) is 10.2. The smallest absolute Gasteiger partial charge is 0.312 e. The summed E-state index contributed by atoms with van der Waals surface area (Å²) in [5.41, 5.74) is 0.570. The molecule has 0 bridgehead atoms. The monoisotopic (exact) mass is 375 g/mol. The number of nitrogens with zero attached hydrogens (tertiary/aromatic N) is 1. The summed E-state index contributed by atoms with van der Waals surface area (Å²) in [6.45, 7) is 7.55. The average Bonchev–Trinajstić information content (AvgIpc) is 2.67. The molecule has 28 heavy (non-hydrogen) atoms. The largest absolute Gasteiger partial charge is 0.457 e. The van der Waals surface area contributed by atoms with Gasteiger partial charge in [-0.1, -0.05) is 57.0 Å². The first-order valence-electron chi connectivity index (χ1n) is 9.31. The molecule has 2 rings (SSSR count). The maximum Gasteiger partial charge on any atom is 0.312 e. The van der Waals surface area contributed by atoms with Crippen molar-refractivity contribution in [3.8, 4) is 29.4 Å². The molecular weight excluding hydrogens is 350 g/mol. The molecule has 4 nitrogen and oxygen atoms in total. The minimum atomic E-state index is -1.00. The van der Waals surface area contributed by atoms with E-state index in [1.54, 1.807) is 31.2 Å². The van der Waals surface area contributed by atoms with Gasteiger partial charge in [-0.15, -0.1) is 5.92 Å². The summed E-state index contributed by atoms with van der Waals surface area (Å²) in [4.78, 5) is 12.7.